The standard InChI is InChI=1S/C13H19NO4/c1-7-3-4-9(5-8(7)2)14-13-12(17)11(16)10(6-15)18-13/h3-5,10-17H,6H2,1-2H3/t10-,11+,12+,13-/m0/s1. The van der Waals surface area contributed by atoms with E-state index < -0.39 is 24.5 Å². The van der Waals surface area contributed by atoms with Crippen molar-refractivity contribution in [1.82, 2.24) is 0 Å². The van der Waals surface area contributed by atoms with Crippen LogP contribution in [0.3, 0.4) is 0 Å². The van der Waals surface area contributed by atoms with Crippen molar-refractivity contribution in [2.45, 2.75) is 38.4 Å². The summed E-state index contributed by atoms with van der Waals surface area (Å²) in [5.41, 5.74) is 3.13. The van der Waals surface area contributed by atoms with Gasteiger partial charge in [-0.05, 0) is 37.1 Å². The summed E-state index contributed by atoms with van der Waals surface area (Å²) in [5.74, 6) is 0. The predicted molar refractivity (Wildman–Crippen MR) is 67.3 cm³/mol. The Balaban J connectivity index is 2.07. The van der Waals surface area contributed by atoms with Gasteiger partial charge in [0.25, 0.3) is 0 Å². The average Bonchev–Trinajstić information content (AvgIpc) is 2.62. The first-order valence-electron chi connectivity index (χ1n) is 5.99. The third-order valence-corrected chi connectivity index (χ3v) is 3.36. The summed E-state index contributed by atoms with van der Waals surface area (Å²) >= 11 is 0. The van der Waals surface area contributed by atoms with Gasteiger partial charge in [0.2, 0.25) is 0 Å². The molecule has 100 valence electrons. The van der Waals surface area contributed by atoms with E-state index in [0.29, 0.717) is 0 Å². The van der Waals surface area contributed by atoms with Gasteiger partial charge in [-0.15, -0.1) is 0 Å². The molecule has 1 aromatic carbocycles. The van der Waals surface area contributed by atoms with Crippen molar-refractivity contribution >= 4 is 5.69 Å². The minimum absolute atomic E-state index is 0.316. The zero-order chi connectivity index (χ0) is 13.3. The van der Waals surface area contributed by atoms with E-state index in [4.69, 9.17) is 9.84 Å². The van der Waals surface area contributed by atoms with Crippen molar-refractivity contribution in [2.24, 2.45) is 0 Å². The van der Waals surface area contributed by atoms with E-state index in [1.807, 2.05) is 32.0 Å². The molecule has 0 aliphatic carbocycles. The van der Waals surface area contributed by atoms with Crippen LogP contribution in [0.2, 0.25) is 0 Å². The van der Waals surface area contributed by atoms with E-state index in [2.05, 4.69) is 5.32 Å². The number of hydrogen-bond acceptors (Lipinski definition) is 5. The van der Waals surface area contributed by atoms with Gasteiger partial charge in [-0.3, -0.25) is 0 Å². The van der Waals surface area contributed by atoms with Gasteiger partial charge in [-0.25, -0.2) is 0 Å². The number of anilines is 1. The van der Waals surface area contributed by atoms with Crippen molar-refractivity contribution in [2.75, 3.05) is 11.9 Å². The van der Waals surface area contributed by atoms with Crippen LogP contribution in [0.1, 0.15) is 11.1 Å². The second-order valence-electron chi connectivity index (χ2n) is 4.70. The van der Waals surface area contributed by atoms with Crippen LogP contribution in [-0.4, -0.2) is 46.5 Å². The SMILES string of the molecule is Cc1ccc(N[C@H]2O[C@@H](CO)[C@@H](O)[C@H]2O)cc1C. The van der Waals surface area contributed by atoms with Gasteiger partial charge in [-0.1, -0.05) is 6.07 Å². The van der Waals surface area contributed by atoms with Crippen molar-refractivity contribution < 1.29 is 20.1 Å². The molecule has 0 spiro atoms. The number of rotatable bonds is 3. The first kappa shape index (κ1) is 13.3. The lowest BCUT2D eigenvalue weighted by Crippen LogP contribution is -2.36. The van der Waals surface area contributed by atoms with Crippen molar-refractivity contribution in [3.8, 4) is 0 Å². The minimum Gasteiger partial charge on any atom is -0.394 e. The third-order valence-electron chi connectivity index (χ3n) is 3.36. The van der Waals surface area contributed by atoms with E-state index in [-0.39, 0.29) is 6.61 Å². The van der Waals surface area contributed by atoms with Gasteiger partial charge >= 0.3 is 0 Å². The fourth-order valence-electron chi connectivity index (χ4n) is 2.01. The lowest BCUT2D eigenvalue weighted by molar-refractivity contribution is -0.0153. The first-order chi connectivity index (χ1) is 8.52. The molecule has 0 bridgehead atoms. The fraction of sp³-hybridized carbons (Fsp3) is 0.538. The Morgan fingerprint density at radius 1 is 1.17 bits per heavy atom. The van der Waals surface area contributed by atoms with Crippen LogP contribution in [0, 0.1) is 13.8 Å². The molecule has 2 rings (SSSR count). The van der Waals surface area contributed by atoms with Gasteiger partial charge in [0.05, 0.1) is 6.61 Å². The van der Waals surface area contributed by atoms with Crippen LogP contribution in [0.5, 0.6) is 0 Å². The molecule has 0 unspecified atom stereocenters. The average molecular weight is 253 g/mol. The van der Waals surface area contributed by atoms with Gasteiger partial charge in [-0.2, -0.15) is 0 Å². The molecule has 4 N–H and O–H groups in total. The van der Waals surface area contributed by atoms with Crippen LogP contribution >= 0.6 is 0 Å². The zero-order valence-electron chi connectivity index (χ0n) is 10.5. The maximum absolute atomic E-state index is 9.80. The Hall–Kier alpha value is -1.14. The number of ether oxygens (including phenoxy) is 1. The van der Waals surface area contributed by atoms with Crippen LogP contribution in [0.4, 0.5) is 5.69 Å². The lowest BCUT2D eigenvalue weighted by atomic mass is 10.1. The Morgan fingerprint density at radius 3 is 2.44 bits per heavy atom. The molecule has 1 aromatic rings. The summed E-state index contributed by atoms with van der Waals surface area (Å²) in [5, 5.41) is 31.4. The zero-order valence-corrected chi connectivity index (χ0v) is 10.5. The second-order valence-corrected chi connectivity index (χ2v) is 4.70. The Bertz CT molecular complexity index is 423. The lowest BCUT2D eigenvalue weighted by Gasteiger charge is -2.18. The van der Waals surface area contributed by atoms with Gasteiger partial charge < -0.3 is 25.4 Å². The molecule has 4 atom stereocenters. The summed E-state index contributed by atoms with van der Waals surface area (Å²) in [6.45, 7) is 3.70. The van der Waals surface area contributed by atoms with Gasteiger partial charge in [0, 0.05) is 5.69 Å². The molecule has 0 amide bonds. The fourth-order valence-corrected chi connectivity index (χ4v) is 2.01. The van der Waals surface area contributed by atoms with Crippen LogP contribution in [0.15, 0.2) is 18.2 Å². The largest absolute Gasteiger partial charge is 0.394 e. The molecular formula is C13H19NO4. The first-order valence-corrected chi connectivity index (χ1v) is 5.99. The van der Waals surface area contributed by atoms with Gasteiger partial charge in [0.15, 0.2) is 6.23 Å². The highest BCUT2D eigenvalue weighted by atomic mass is 16.6. The summed E-state index contributed by atoms with van der Waals surface area (Å²) < 4.78 is 5.35. The number of aliphatic hydroxyl groups is 3. The highest BCUT2D eigenvalue weighted by molar-refractivity contribution is 5.48. The van der Waals surface area contributed by atoms with E-state index in [9.17, 15) is 10.2 Å². The summed E-state index contributed by atoms with van der Waals surface area (Å²) in [6, 6.07) is 5.81. The van der Waals surface area contributed by atoms with Crippen LogP contribution in [-0.2, 0) is 4.74 Å². The highest BCUT2D eigenvalue weighted by Gasteiger charge is 2.42. The van der Waals surface area contributed by atoms with E-state index >= 15 is 0 Å². The van der Waals surface area contributed by atoms with Crippen LogP contribution in [0.25, 0.3) is 0 Å². The Kier molecular flexibility index (Phi) is 3.87. The molecule has 1 heterocycles. The molecule has 18 heavy (non-hydrogen) atoms. The smallest absolute Gasteiger partial charge is 0.157 e. The molecular weight excluding hydrogens is 234 g/mol. The number of aliphatic hydroxyl groups excluding tert-OH is 3. The molecule has 1 saturated heterocycles. The summed E-state index contributed by atoms with van der Waals surface area (Å²) in [6.07, 6.45) is -3.58. The maximum Gasteiger partial charge on any atom is 0.157 e. The minimum atomic E-state index is -1.07. The van der Waals surface area contributed by atoms with E-state index in [0.717, 1.165) is 11.3 Å². The maximum atomic E-state index is 9.80. The quantitative estimate of drug-likeness (QED) is 0.616. The van der Waals surface area contributed by atoms with E-state index in [1.54, 1.807) is 0 Å². The van der Waals surface area contributed by atoms with Crippen LogP contribution < -0.4 is 5.32 Å². The number of nitrogens with one attached hydrogen (secondary N) is 1. The van der Waals surface area contributed by atoms with E-state index in [1.165, 1.54) is 5.56 Å². The number of hydrogen-bond donors (Lipinski definition) is 4. The molecule has 5 heteroatoms. The molecule has 5 nitrogen and oxygen atoms in total. The highest BCUT2D eigenvalue weighted by Crippen LogP contribution is 2.23. The Labute approximate surface area is 106 Å². The van der Waals surface area contributed by atoms with Crippen molar-refractivity contribution in [1.29, 1.82) is 0 Å². The summed E-state index contributed by atoms with van der Waals surface area (Å²) in [4.78, 5) is 0. The molecule has 0 radical (unpaired) electrons. The molecule has 1 aliphatic heterocycles. The molecule has 1 fully saturated rings. The second kappa shape index (κ2) is 5.24. The topological polar surface area (TPSA) is 82.0 Å². The van der Waals surface area contributed by atoms with Gasteiger partial charge in [0.1, 0.15) is 18.3 Å². The van der Waals surface area contributed by atoms with Crippen molar-refractivity contribution in [3.63, 3.8) is 0 Å². The normalized spacial score (nSPS) is 31.6. The number of benzene rings is 1. The number of aryl methyl sites for hydroxylation is 2. The third kappa shape index (κ3) is 2.49. The molecule has 0 aromatic heterocycles. The molecule has 1 aliphatic rings. The summed E-state index contributed by atoms with van der Waals surface area (Å²) in [7, 11) is 0. The Morgan fingerprint density at radius 2 is 1.89 bits per heavy atom. The monoisotopic (exact) mass is 253 g/mol. The predicted octanol–water partition coefficient (Wildman–Crippen LogP) is 0.154. The van der Waals surface area contributed by atoms with Crippen molar-refractivity contribution in [3.05, 3.63) is 29.3 Å². The molecule has 0 saturated carbocycles.